The maximum Gasteiger partial charge on any atom is 0.261 e. The molecule has 2 unspecified atom stereocenters. The molecule has 1 saturated carbocycles. The summed E-state index contributed by atoms with van der Waals surface area (Å²) >= 11 is 3.14. The Hall–Kier alpha value is -2.84. The van der Waals surface area contributed by atoms with Crippen LogP contribution in [-0.2, 0) is 0 Å². The molecule has 0 bridgehead atoms. The molecule has 0 saturated heterocycles. The summed E-state index contributed by atoms with van der Waals surface area (Å²) in [7, 11) is 0. The van der Waals surface area contributed by atoms with Crippen LogP contribution in [0.15, 0.2) is 35.7 Å². The number of nitrogens with one attached hydrogen (secondary N) is 1. The van der Waals surface area contributed by atoms with Crippen molar-refractivity contribution in [2.75, 3.05) is 0 Å². The van der Waals surface area contributed by atoms with Gasteiger partial charge in [0.25, 0.3) is 5.91 Å². The minimum absolute atomic E-state index is 0.0114. The van der Waals surface area contributed by atoms with Gasteiger partial charge in [-0.25, -0.2) is 9.97 Å². The van der Waals surface area contributed by atoms with Gasteiger partial charge in [0.2, 0.25) is 0 Å². The smallest absolute Gasteiger partial charge is 0.261 e. The highest BCUT2D eigenvalue weighted by atomic mass is 32.1. The standard InChI is InChI=1S/C26H28N4O2S2/c1-4-23(31)17-9-10-22-20(12-17)29-25(21-14-33-16(3)27-21)30(22)19-7-5-6-18(13-19)28-26(32)24-11-8-15(2)34-24/h8-12,14,18-19H,4-7,13H2,1-3H3,(H,28,32). The van der Waals surface area contributed by atoms with E-state index in [9.17, 15) is 9.59 Å². The van der Waals surface area contributed by atoms with E-state index < -0.39 is 0 Å². The molecule has 0 radical (unpaired) electrons. The molecule has 1 aromatic carbocycles. The number of Topliss-reactive ketones (excluding diaryl/α,β-unsaturated/α-hetero) is 1. The molecule has 6 nitrogen and oxygen atoms in total. The van der Waals surface area contributed by atoms with Crippen LogP contribution < -0.4 is 5.32 Å². The number of carbonyl (C=O) groups is 2. The van der Waals surface area contributed by atoms with Crippen molar-refractivity contribution >= 4 is 45.4 Å². The van der Waals surface area contributed by atoms with Crippen molar-refractivity contribution < 1.29 is 9.59 Å². The minimum Gasteiger partial charge on any atom is -0.349 e. The number of ketones is 1. The number of rotatable bonds is 6. The number of thiazole rings is 1. The normalized spacial score (nSPS) is 18.3. The lowest BCUT2D eigenvalue weighted by Gasteiger charge is -2.31. The van der Waals surface area contributed by atoms with Crippen LogP contribution >= 0.6 is 22.7 Å². The molecule has 34 heavy (non-hydrogen) atoms. The molecular formula is C26H28N4O2S2. The van der Waals surface area contributed by atoms with Gasteiger partial charge in [0, 0.05) is 34.3 Å². The number of hydrogen-bond donors (Lipinski definition) is 1. The van der Waals surface area contributed by atoms with E-state index >= 15 is 0 Å². The monoisotopic (exact) mass is 492 g/mol. The Kier molecular flexibility index (Phi) is 6.36. The summed E-state index contributed by atoms with van der Waals surface area (Å²) in [5, 5.41) is 6.31. The number of carbonyl (C=O) groups excluding carboxylic acids is 2. The molecule has 2 atom stereocenters. The lowest BCUT2D eigenvalue weighted by molar-refractivity contribution is 0.0924. The van der Waals surface area contributed by atoms with Crippen LogP contribution in [0.1, 0.15) is 75.0 Å². The highest BCUT2D eigenvalue weighted by Crippen LogP contribution is 2.37. The molecule has 3 heterocycles. The van der Waals surface area contributed by atoms with Crippen LogP contribution in [0, 0.1) is 13.8 Å². The molecule has 3 aromatic heterocycles. The molecule has 0 spiro atoms. The number of aromatic nitrogens is 3. The van der Waals surface area contributed by atoms with Gasteiger partial charge in [0.15, 0.2) is 11.6 Å². The van der Waals surface area contributed by atoms with Gasteiger partial charge in [-0.2, -0.15) is 0 Å². The van der Waals surface area contributed by atoms with E-state index in [-0.39, 0.29) is 23.8 Å². The molecule has 0 aliphatic heterocycles. The minimum atomic E-state index is 0.0114. The fourth-order valence-electron chi connectivity index (χ4n) is 4.84. The lowest BCUT2D eigenvalue weighted by atomic mass is 9.90. The average Bonchev–Trinajstić information content (AvgIpc) is 3.56. The third kappa shape index (κ3) is 4.44. The third-order valence-corrected chi connectivity index (χ3v) is 8.26. The van der Waals surface area contributed by atoms with Gasteiger partial charge >= 0.3 is 0 Å². The Balaban J connectivity index is 1.49. The van der Waals surface area contributed by atoms with Gasteiger partial charge in [-0.1, -0.05) is 6.92 Å². The summed E-state index contributed by atoms with van der Waals surface area (Å²) in [5.74, 6) is 0.968. The van der Waals surface area contributed by atoms with E-state index in [1.54, 1.807) is 11.3 Å². The van der Waals surface area contributed by atoms with Crippen molar-refractivity contribution in [1.29, 1.82) is 0 Å². The highest BCUT2D eigenvalue weighted by molar-refractivity contribution is 7.13. The van der Waals surface area contributed by atoms with Gasteiger partial charge in [-0.05, 0) is 69.9 Å². The highest BCUT2D eigenvalue weighted by Gasteiger charge is 2.29. The Morgan fingerprint density at radius 1 is 1.15 bits per heavy atom. The number of imidazole rings is 1. The van der Waals surface area contributed by atoms with Crippen molar-refractivity contribution in [2.24, 2.45) is 0 Å². The number of nitrogens with zero attached hydrogens (tertiary/aromatic N) is 3. The van der Waals surface area contributed by atoms with Crippen LogP contribution in [0.3, 0.4) is 0 Å². The number of benzene rings is 1. The van der Waals surface area contributed by atoms with Crippen LogP contribution in [0.2, 0.25) is 0 Å². The summed E-state index contributed by atoms with van der Waals surface area (Å²) in [5.41, 5.74) is 3.39. The van der Waals surface area contributed by atoms with E-state index in [1.807, 2.05) is 56.5 Å². The largest absolute Gasteiger partial charge is 0.349 e. The third-order valence-electron chi connectivity index (χ3n) is 6.49. The second-order valence-electron chi connectivity index (χ2n) is 8.94. The van der Waals surface area contributed by atoms with E-state index in [0.29, 0.717) is 12.0 Å². The zero-order valence-electron chi connectivity index (χ0n) is 19.6. The average molecular weight is 493 g/mol. The SMILES string of the molecule is CCC(=O)c1ccc2c(c1)nc(-c1csc(C)n1)n2C1CCCC(NC(=O)c2ccc(C)s2)C1. The van der Waals surface area contributed by atoms with E-state index in [0.717, 1.165) is 63.0 Å². The summed E-state index contributed by atoms with van der Waals surface area (Å²) < 4.78 is 2.29. The Morgan fingerprint density at radius 2 is 2.00 bits per heavy atom. The molecule has 176 valence electrons. The zero-order valence-corrected chi connectivity index (χ0v) is 21.3. The predicted molar refractivity (Wildman–Crippen MR) is 138 cm³/mol. The summed E-state index contributed by atoms with van der Waals surface area (Å²) in [6.45, 7) is 5.89. The number of thiophene rings is 1. The topological polar surface area (TPSA) is 76.9 Å². The molecule has 1 aliphatic rings. The van der Waals surface area contributed by atoms with Crippen LogP contribution in [0.25, 0.3) is 22.6 Å². The van der Waals surface area contributed by atoms with Gasteiger partial charge in [-0.15, -0.1) is 22.7 Å². The Bertz CT molecular complexity index is 1370. The molecule has 4 aromatic rings. The van der Waals surface area contributed by atoms with Crippen molar-refractivity contribution in [3.8, 4) is 11.5 Å². The first-order chi connectivity index (χ1) is 16.4. The summed E-state index contributed by atoms with van der Waals surface area (Å²) in [6.07, 6.45) is 4.33. The molecule has 1 amide bonds. The fraction of sp³-hybridized carbons (Fsp3) is 0.385. The summed E-state index contributed by atoms with van der Waals surface area (Å²) in [6, 6.07) is 10.0. The number of amides is 1. The predicted octanol–water partition coefficient (Wildman–Crippen LogP) is 6.34. The Morgan fingerprint density at radius 3 is 2.71 bits per heavy atom. The molecule has 5 rings (SSSR count). The second-order valence-corrected chi connectivity index (χ2v) is 11.3. The quantitative estimate of drug-likeness (QED) is 0.318. The van der Waals surface area contributed by atoms with Crippen molar-refractivity contribution in [1.82, 2.24) is 19.9 Å². The van der Waals surface area contributed by atoms with E-state index in [1.165, 1.54) is 11.3 Å². The van der Waals surface area contributed by atoms with Gasteiger partial charge in [0.05, 0.1) is 20.9 Å². The molecular weight excluding hydrogens is 464 g/mol. The number of fused-ring (bicyclic) bond motifs is 1. The maximum absolute atomic E-state index is 12.8. The first-order valence-electron chi connectivity index (χ1n) is 11.8. The second kappa shape index (κ2) is 9.43. The number of aryl methyl sites for hydroxylation is 2. The first-order valence-corrected chi connectivity index (χ1v) is 13.5. The zero-order chi connectivity index (χ0) is 23.8. The van der Waals surface area contributed by atoms with Gasteiger partial charge in [0.1, 0.15) is 5.69 Å². The van der Waals surface area contributed by atoms with Gasteiger partial charge < -0.3 is 9.88 Å². The molecule has 1 fully saturated rings. The lowest BCUT2D eigenvalue weighted by Crippen LogP contribution is -2.38. The Labute approximate surface area is 207 Å². The summed E-state index contributed by atoms with van der Waals surface area (Å²) in [4.78, 5) is 36.7. The van der Waals surface area contributed by atoms with Crippen LogP contribution in [-0.4, -0.2) is 32.3 Å². The van der Waals surface area contributed by atoms with E-state index in [4.69, 9.17) is 9.97 Å². The van der Waals surface area contributed by atoms with Crippen LogP contribution in [0.5, 0.6) is 0 Å². The fourth-order valence-corrected chi connectivity index (χ4v) is 6.20. The van der Waals surface area contributed by atoms with Crippen molar-refractivity contribution in [3.05, 3.63) is 56.0 Å². The first kappa shape index (κ1) is 22.9. The van der Waals surface area contributed by atoms with Gasteiger partial charge in [-0.3, -0.25) is 9.59 Å². The molecule has 1 N–H and O–H groups in total. The maximum atomic E-state index is 12.8. The van der Waals surface area contributed by atoms with E-state index in [2.05, 4.69) is 9.88 Å². The van der Waals surface area contributed by atoms with Crippen molar-refractivity contribution in [3.63, 3.8) is 0 Å². The van der Waals surface area contributed by atoms with Crippen LogP contribution in [0.4, 0.5) is 0 Å². The molecule has 1 aliphatic carbocycles. The number of hydrogen-bond acceptors (Lipinski definition) is 6. The molecule has 8 heteroatoms. The van der Waals surface area contributed by atoms with Crippen molar-refractivity contribution in [2.45, 2.75) is 65.0 Å².